The van der Waals surface area contributed by atoms with E-state index >= 15 is 0 Å². The van der Waals surface area contributed by atoms with Crippen molar-refractivity contribution in [2.45, 2.75) is 31.4 Å². The summed E-state index contributed by atoms with van der Waals surface area (Å²) in [4.78, 5) is 10.8. The van der Waals surface area contributed by atoms with Crippen LogP contribution in [0.25, 0.3) is 0 Å². The van der Waals surface area contributed by atoms with Crippen LogP contribution in [0.5, 0.6) is 0 Å². The number of hydrogen-bond donors (Lipinski definition) is 2. The van der Waals surface area contributed by atoms with Gasteiger partial charge in [-0.3, -0.25) is 4.79 Å². The van der Waals surface area contributed by atoms with Crippen LogP contribution in [0, 0.1) is 0 Å². The molecular weight excluding hydrogens is 164 g/mol. The second kappa shape index (κ2) is 6.49. The molecule has 0 aromatic heterocycles. The second-order valence-electron chi connectivity index (χ2n) is 2.25. The van der Waals surface area contributed by atoms with E-state index in [2.05, 4.69) is 17.4 Å². The highest BCUT2D eigenvalue weighted by Crippen LogP contribution is 2.08. The van der Waals surface area contributed by atoms with Crippen molar-refractivity contribution in [2.24, 2.45) is 0 Å². The molecule has 0 bridgehead atoms. The second-order valence-corrected chi connectivity index (χ2v) is 2.87. The first-order chi connectivity index (χ1) is 5.22. The lowest BCUT2D eigenvalue weighted by Crippen LogP contribution is -2.18. The molecule has 1 unspecified atom stereocenters. The van der Waals surface area contributed by atoms with E-state index in [0.29, 0.717) is 6.42 Å². The summed E-state index contributed by atoms with van der Waals surface area (Å²) in [6.45, 7) is 1.49. The Hall–Kier alpha value is -0.220. The summed E-state index contributed by atoms with van der Waals surface area (Å²) in [5.41, 5.74) is 0. The van der Waals surface area contributed by atoms with Gasteiger partial charge in [0.15, 0.2) is 6.79 Å². The summed E-state index contributed by atoms with van der Waals surface area (Å²) in [5.74, 6) is -0.440. The zero-order chi connectivity index (χ0) is 8.69. The Morgan fingerprint density at radius 1 is 1.73 bits per heavy atom. The summed E-state index contributed by atoms with van der Waals surface area (Å²) >= 11 is 4.01. The molecule has 4 heteroatoms. The Labute approximate surface area is 72.2 Å². The Morgan fingerprint density at radius 3 is 2.82 bits per heavy atom. The van der Waals surface area contributed by atoms with Gasteiger partial charge in [0.1, 0.15) is 0 Å². The molecule has 0 amide bonds. The Balaban J connectivity index is 3.46. The highest BCUT2D eigenvalue weighted by atomic mass is 32.1. The molecule has 0 saturated carbocycles. The van der Waals surface area contributed by atoms with Crippen molar-refractivity contribution in [3.63, 3.8) is 0 Å². The summed E-state index contributed by atoms with van der Waals surface area (Å²) in [7, 11) is 0. The largest absolute Gasteiger partial charge is 0.438 e. The fourth-order valence-corrected chi connectivity index (χ4v) is 0.932. The highest BCUT2D eigenvalue weighted by molar-refractivity contribution is 7.81. The Kier molecular flexibility index (Phi) is 6.36. The maximum absolute atomic E-state index is 10.8. The third-order valence-corrected chi connectivity index (χ3v) is 1.78. The van der Waals surface area contributed by atoms with Crippen LogP contribution in [0.15, 0.2) is 0 Å². The van der Waals surface area contributed by atoms with Gasteiger partial charge in [-0.25, -0.2) is 0 Å². The Morgan fingerprint density at radius 2 is 2.36 bits per heavy atom. The van der Waals surface area contributed by atoms with Crippen LogP contribution < -0.4 is 0 Å². The lowest BCUT2D eigenvalue weighted by atomic mass is 10.2. The fourth-order valence-electron chi connectivity index (χ4n) is 0.675. The van der Waals surface area contributed by atoms with E-state index in [1.165, 1.54) is 0 Å². The van der Waals surface area contributed by atoms with Crippen LogP contribution in [-0.2, 0) is 9.53 Å². The molecular formula is C7H14O3S. The predicted molar refractivity (Wildman–Crippen MR) is 45.5 cm³/mol. The lowest BCUT2D eigenvalue weighted by molar-refractivity contribution is -0.151. The Bertz CT molecular complexity index is 116. The zero-order valence-corrected chi connectivity index (χ0v) is 7.51. The van der Waals surface area contributed by atoms with Gasteiger partial charge >= 0.3 is 5.97 Å². The molecule has 66 valence electrons. The maximum atomic E-state index is 10.8. The van der Waals surface area contributed by atoms with Crippen molar-refractivity contribution < 1.29 is 14.6 Å². The van der Waals surface area contributed by atoms with Gasteiger partial charge in [-0.2, -0.15) is 12.6 Å². The van der Waals surface area contributed by atoms with Gasteiger partial charge in [-0.15, -0.1) is 0 Å². The van der Waals surface area contributed by atoms with Gasteiger partial charge in [-0.1, -0.05) is 19.8 Å². The van der Waals surface area contributed by atoms with Crippen LogP contribution in [0.2, 0.25) is 0 Å². The third kappa shape index (κ3) is 5.09. The summed E-state index contributed by atoms with van der Waals surface area (Å²) < 4.78 is 4.34. The number of ether oxygens (including phenoxy) is 1. The molecule has 0 aliphatic rings. The molecule has 1 N–H and O–H groups in total. The molecule has 0 aromatic carbocycles. The normalized spacial score (nSPS) is 12.6. The van der Waals surface area contributed by atoms with E-state index in [0.717, 1.165) is 12.8 Å². The summed E-state index contributed by atoms with van der Waals surface area (Å²) in [6, 6.07) is 0. The standard InChI is InChI=1S/C7H14O3S/c1-2-3-4-6(11)7(9)10-5-8/h6,8,11H,2-5H2,1H3. The van der Waals surface area contributed by atoms with E-state index in [1.807, 2.05) is 6.92 Å². The van der Waals surface area contributed by atoms with Crippen molar-refractivity contribution in [1.82, 2.24) is 0 Å². The van der Waals surface area contributed by atoms with E-state index in [4.69, 9.17) is 5.11 Å². The minimum Gasteiger partial charge on any atom is -0.438 e. The minimum atomic E-state index is -0.554. The van der Waals surface area contributed by atoms with E-state index in [9.17, 15) is 4.79 Å². The smallest absolute Gasteiger partial charge is 0.320 e. The predicted octanol–water partition coefficient (Wildman–Crippen LogP) is 0.968. The van der Waals surface area contributed by atoms with E-state index in [-0.39, 0.29) is 5.25 Å². The zero-order valence-electron chi connectivity index (χ0n) is 6.62. The molecule has 0 aromatic rings. The van der Waals surface area contributed by atoms with Gasteiger partial charge in [0, 0.05) is 0 Å². The molecule has 1 atom stereocenters. The van der Waals surface area contributed by atoms with Gasteiger partial charge in [-0.05, 0) is 6.42 Å². The monoisotopic (exact) mass is 178 g/mol. The van der Waals surface area contributed by atoms with Crippen LogP contribution >= 0.6 is 12.6 Å². The molecule has 0 saturated heterocycles. The highest BCUT2D eigenvalue weighted by Gasteiger charge is 2.13. The maximum Gasteiger partial charge on any atom is 0.320 e. The molecule has 0 aliphatic heterocycles. The average molecular weight is 178 g/mol. The molecule has 0 radical (unpaired) electrons. The van der Waals surface area contributed by atoms with Crippen molar-refractivity contribution in [3.05, 3.63) is 0 Å². The number of aliphatic hydroxyl groups is 1. The topological polar surface area (TPSA) is 46.5 Å². The molecule has 0 aliphatic carbocycles. The van der Waals surface area contributed by atoms with Gasteiger partial charge in [0.25, 0.3) is 0 Å². The number of aliphatic hydroxyl groups excluding tert-OH is 1. The number of unbranched alkanes of at least 4 members (excludes halogenated alkanes) is 1. The first-order valence-corrected chi connectivity index (χ1v) is 4.19. The van der Waals surface area contributed by atoms with Crippen molar-refractivity contribution in [1.29, 1.82) is 0 Å². The number of esters is 1. The molecule has 0 spiro atoms. The van der Waals surface area contributed by atoms with E-state index < -0.39 is 12.8 Å². The van der Waals surface area contributed by atoms with Crippen LogP contribution in [0.3, 0.4) is 0 Å². The quantitative estimate of drug-likeness (QED) is 0.374. The van der Waals surface area contributed by atoms with Crippen molar-refractivity contribution in [3.8, 4) is 0 Å². The SMILES string of the molecule is CCCCC(S)C(=O)OCO. The van der Waals surface area contributed by atoms with Crippen molar-refractivity contribution in [2.75, 3.05) is 6.79 Å². The minimum absolute atomic E-state index is 0.387. The van der Waals surface area contributed by atoms with Crippen LogP contribution in [0.1, 0.15) is 26.2 Å². The first kappa shape index (κ1) is 10.8. The molecule has 0 rings (SSSR count). The van der Waals surface area contributed by atoms with Gasteiger partial charge in [0.2, 0.25) is 0 Å². The van der Waals surface area contributed by atoms with Gasteiger partial charge in [0.05, 0.1) is 5.25 Å². The van der Waals surface area contributed by atoms with Crippen LogP contribution in [-0.4, -0.2) is 23.1 Å². The molecule has 0 fully saturated rings. The van der Waals surface area contributed by atoms with Crippen molar-refractivity contribution >= 4 is 18.6 Å². The third-order valence-electron chi connectivity index (χ3n) is 1.31. The number of thiol groups is 1. The number of hydrogen-bond acceptors (Lipinski definition) is 4. The molecule has 11 heavy (non-hydrogen) atoms. The van der Waals surface area contributed by atoms with E-state index in [1.54, 1.807) is 0 Å². The number of carbonyl (C=O) groups excluding carboxylic acids is 1. The summed E-state index contributed by atoms with van der Waals surface area (Å²) in [5, 5.41) is 7.85. The average Bonchev–Trinajstić information content (AvgIpc) is 2.00. The first-order valence-electron chi connectivity index (χ1n) is 3.68. The van der Waals surface area contributed by atoms with Gasteiger partial charge < -0.3 is 9.84 Å². The summed E-state index contributed by atoms with van der Waals surface area (Å²) in [6.07, 6.45) is 2.69. The molecule has 0 heterocycles. The molecule has 3 nitrogen and oxygen atoms in total. The number of rotatable bonds is 5. The van der Waals surface area contributed by atoms with Crippen LogP contribution in [0.4, 0.5) is 0 Å². The lowest BCUT2D eigenvalue weighted by Gasteiger charge is -2.07. The number of carbonyl (C=O) groups is 1. The fraction of sp³-hybridized carbons (Fsp3) is 0.857.